The smallest absolute Gasteiger partial charge is 0.318 e. The Balaban J connectivity index is 1.83. The van der Waals surface area contributed by atoms with Crippen LogP contribution in [0.1, 0.15) is 73.2 Å². The van der Waals surface area contributed by atoms with E-state index in [0.717, 1.165) is 24.5 Å². The predicted molar refractivity (Wildman–Crippen MR) is 122 cm³/mol. The van der Waals surface area contributed by atoms with Crippen molar-refractivity contribution in [1.29, 1.82) is 0 Å². The normalized spacial score (nSPS) is 18.3. The molecule has 2 atom stereocenters. The third kappa shape index (κ3) is 5.34. The summed E-state index contributed by atoms with van der Waals surface area (Å²) in [5.74, 6) is -4.62. The molecule has 1 saturated carbocycles. The van der Waals surface area contributed by atoms with E-state index in [0.29, 0.717) is 18.7 Å². The third-order valence-corrected chi connectivity index (χ3v) is 6.29. The summed E-state index contributed by atoms with van der Waals surface area (Å²) >= 11 is 0. The summed E-state index contributed by atoms with van der Waals surface area (Å²) in [7, 11) is 0. The van der Waals surface area contributed by atoms with Gasteiger partial charge in [0.2, 0.25) is 0 Å². The van der Waals surface area contributed by atoms with Crippen LogP contribution in [0.5, 0.6) is 0 Å². The first kappa shape index (κ1) is 25.6. The lowest BCUT2D eigenvalue weighted by molar-refractivity contribution is -0.187. The quantitative estimate of drug-likeness (QED) is 0.405. The van der Waals surface area contributed by atoms with Crippen molar-refractivity contribution < 1.29 is 26.7 Å². The molecule has 0 saturated heterocycles. The lowest BCUT2D eigenvalue weighted by Gasteiger charge is -2.33. The second-order valence-corrected chi connectivity index (χ2v) is 9.08. The van der Waals surface area contributed by atoms with Crippen molar-refractivity contribution in [2.75, 3.05) is 5.32 Å². The van der Waals surface area contributed by atoms with E-state index >= 15 is 0 Å². The first-order chi connectivity index (χ1) is 17.1. The molecule has 0 unspecified atom stereocenters. The standard InChI is InChI=1S/C25H24F5N5O/c1-13(2)23-31-10-14(11-32-23)24(36)35-22-20(16-5-3-4-6-18(16)25(28,29)30)33-12-34-21(22)17-9-15(26)7-8-19(17)27/h7-13,16,18H,3-6H2,1-2H3,(H,35,36)/t16-,18+/m1/s1. The summed E-state index contributed by atoms with van der Waals surface area (Å²) in [4.78, 5) is 29.5. The van der Waals surface area contributed by atoms with Gasteiger partial charge in [0.1, 0.15) is 29.5 Å². The van der Waals surface area contributed by atoms with E-state index in [-0.39, 0.29) is 47.0 Å². The lowest BCUT2D eigenvalue weighted by atomic mass is 9.76. The monoisotopic (exact) mass is 505 g/mol. The van der Waals surface area contributed by atoms with Crippen LogP contribution in [0.15, 0.2) is 36.9 Å². The molecule has 1 N–H and O–H groups in total. The molecule has 4 rings (SSSR count). The van der Waals surface area contributed by atoms with Crippen LogP contribution in [0.2, 0.25) is 0 Å². The molecule has 36 heavy (non-hydrogen) atoms. The van der Waals surface area contributed by atoms with E-state index in [2.05, 4.69) is 25.3 Å². The number of carbonyl (C=O) groups excluding carboxylic acids is 1. The first-order valence-electron chi connectivity index (χ1n) is 11.6. The number of nitrogens with zero attached hydrogens (tertiary/aromatic N) is 4. The van der Waals surface area contributed by atoms with Gasteiger partial charge in [-0.05, 0) is 31.0 Å². The van der Waals surface area contributed by atoms with Gasteiger partial charge in [-0.15, -0.1) is 0 Å². The van der Waals surface area contributed by atoms with Crippen LogP contribution in [-0.2, 0) is 0 Å². The molecule has 11 heteroatoms. The Morgan fingerprint density at radius 2 is 1.72 bits per heavy atom. The summed E-state index contributed by atoms with van der Waals surface area (Å²) in [6.45, 7) is 3.76. The largest absolute Gasteiger partial charge is 0.392 e. The minimum atomic E-state index is -4.50. The van der Waals surface area contributed by atoms with Gasteiger partial charge in [0, 0.05) is 29.8 Å². The molecule has 190 valence electrons. The molecule has 6 nitrogen and oxygen atoms in total. The maximum Gasteiger partial charge on any atom is 0.392 e. The Hall–Kier alpha value is -3.50. The summed E-state index contributed by atoms with van der Waals surface area (Å²) < 4.78 is 70.5. The molecule has 1 fully saturated rings. The molecule has 1 aromatic carbocycles. The highest BCUT2D eigenvalue weighted by atomic mass is 19.4. The first-order valence-corrected chi connectivity index (χ1v) is 11.6. The number of halogens is 5. The van der Waals surface area contributed by atoms with Crippen LogP contribution in [0, 0.1) is 17.6 Å². The fourth-order valence-corrected chi connectivity index (χ4v) is 4.48. The Kier molecular flexibility index (Phi) is 7.28. The van der Waals surface area contributed by atoms with Gasteiger partial charge in [-0.1, -0.05) is 26.7 Å². The minimum absolute atomic E-state index is 0.0180. The van der Waals surface area contributed by atoms with Crippen LogP contribution in [0.25, 0.3) is 11.3 Å². The average molecular weight is 505 g/mol. The molecule has 3 aromatic rings. The number of rotatable bonds is 5. The van der Waals surface area contributed by atoms with Crippen LogP contribution >= 0.6 is 0 Å². The van der Waals surface area contributed by atoms with E-state index in [1.54, 1.807) is 0 Å². The Bertz CT molecular complexity index is 1250. The Labute approximate surface area is 204 Å². The maximum atomic E-state index is 14.7. The Morgan fingerprint density at radius 3 is 2.39 bits per heavy atom. The van der Waals surface area contributed by atoms with Crippen LogP contribution in [0.3, 0.4) is 0 Å². The molecule has 1 amide bonds. The van der Waals surface area contributed by atoms with Gasteiger partial charge in [0.15, 0.2) is 0 Å². The number of hydrogen-bond acceptors (Lipinski definition) is 5. The highest BCUT2D eigenvalue weighted by molar-refractivity contribution is 6.06. The van der Waals surface area contributed by atoms with Crippen molar-refractivity contribution in [3.8, 4) is 11.3 Å². The molecule has 2 heterocycles. The van der Waals surface area contributed by atoms with Gasteiger partial charge in [0.25, 0.3) is 5.91 Å². The minimum Gasteiger partial charge on any atom is -0.318 e. The Morgan fingerprint density at radius 1 is 1.03 bits per heavy atom. The number of aromatic nitrogens is 4. The molecule has 0 radical (unpaired) electrons. The number of alkyl halides is 3. The zero-order valence-corrected chi connectivity index (χ0v) is 19.6. The van der Waals surface area contributed by atoms with Crippen molar-refractivity contribution in [1.82, 2.24) is 19.9 Å². The van der Waals surface area contributed by atoms with Crippen molar-refractivity contribution in [3.63, 3.8) is 0 Å². The highest BCUT2D eigenvalue weighted by Gasteiger charge is 2.47. The lowest BCUT2D eigenvalue weighted by Crippen LogP contribution is -2.33. The van der Waals surface area contributed by atoms with Gasteiger partial charge >= 0.3 is 6.18 Å². The molecule has 0 bridgehead atoms. The average Bonchev–Trinajstić information content (AvgIpc) is 2.85. The number of hydrogen-bond donors (Lipinski definition) is 1. The number of carbonyl (C=O) groups is 1. The predicted octanol–water partition coefficient (Wildman–Crippen LogP) is 6.42. The molecular formula is C25H24F5N5O. The number of nitrogens with one attached hydrogen (secondary N) is 1. The highest BCUT2D eigenvalue weighted by Crippen LogP contribution is 2.48. The van der Waals surface area contributed by atoms with Crippen LogP contribution < -0.4 is 5.32 Å². The molecule has 2 aromatic heterocycles. The van der Waals surface area contributed by atoms with E-state index in [9.17, 15) is 26.7 Å². The molecule has 1 aliphatic carbocycles. The number of amides is 1. The van der Waals surface area contributed by atoms with Crippen molar-refractivity contribution in [2.45, 2.75) is 57.5 Å². The van der Waals surface area contributed by atoms with Crippen LogP contribution in [-0.4, -0.2) is 32.0 Å². The van der Waals surface area contributed by atoms with Crippen molar-refractivity contribution in [3.05, 3.63) is 65.6 Å². The zero-order chi connectivity index (χ0) is 26.0. The van der Waals surface area contributed by atoms with Gasteiger partial charge in [-0.3, -0.25) is 4.79 Å². The fraction of sp³-hybridized carbons (Fsp3) is 0.400. The fourth-order valence-electron chi connectivity index (χ4n) is 4.48. The maximum absolute atomic E-state index is 14.7. The second kappa shape index (κ2) is 10.2. The summed E-state index contributed by atoms with van der Waals surface area (Å²) in [5.41, 5.74) is -0.744. The summed E-state index contributed by atoms with van der Waals surface area (Å²) in [5, 5.41) is 2.56. The molecule has 0 aliphatic heterocycles. The van der Waals surface area contributed by atoms with Crippen LogP contribution in [0.4, 0.5) is 27.6 Å². The van der Waals surface area contributed by atoms with E-state index in [4.69, 9.17) is 0 Å². The van der Waals surface area contributed by atoms with Crippen molar-refractivity contribution >= 4 is 11.6 Å². The molecule has 1 aliphatic rings. The van der Waals surface area contributed by atoms with Gasteiger partial charge in [-0.2, -0.15) is 13.2 Å². The molecule has 0 spiro atoms. The van der Waals surface area contributed by atoms with Gasteiger partial charge in [0.05, 0.1) is 22.9 Å². The van der Waals surface area contributed by atoms with Crippen molar-refractivity contribution in [2.24, 2.45) is 5.92 Å². The second-order valence-electron chi connectivity index (χ2n) is 9.08. The SMILES string of the molecule is CC(C)c1ncc(C(=O)Nc2c(-c3cc(F)ccc3F)ncnc2[C@@H]2CCCC[C@@H]2C(F)(F)F)cn1. The van der Waals surface area contributed by atoms with Gasteiger partial charge < -0.3 is 5.32 Å². The number of benzene rings is 1. The molecular weight excluding hydrogens is 481 g/mol. The third-order valence-electron chi connectivity index (χ3n) is 6.29. The van der Waals surface area contributed by atoms with E-state index in [1.807, 2.05) is 13.8 Å². The van der Waals surface area contributed by atoms with Gasteiger partial charge in [-0.25, -0.2) is 28.7 Å². The van der Waals surface area contributed by atoms with E-state index < -0.39 is 35.6 Å². The van der Waals surface area contributed by atoms with E-state index in [1.165, 1.54) is 12.4 Å². The number of anilines is 1. The summed E-state index contributed by atoms with van der Waals surface area (Å²) in [6, 6.07) is 2.67. The summed E-state index contributed by atoms with van der Waals surface area (Å²) in [6.07, 6.45) is 0.100. The topological polar surface area (TPSA) is 80.7 Å². The zero-order valence-electron chi connectivity index (χ0n) is 19.6.